The van der Waals surface area contributed by atoms with E-state index in [2.05, 4.69) is 5.32 Å². The van der Waals surface area contributed by atoms with Gasteiger partial charge in [0.1, 0.15) is 0 Å². The minimum absolute atomic E-state index is 0.127. The highest BCUT2D eigenvalue weighted by atomic mass is 16.5. The minimum Gasteiger partial charge on any atom is -0.376 e. The van der Waals surface area contributed by atoms with Gasteiger partial charge < -0.3 is 10.1 Å². The van der Waals surface area contributed by atoms with Gasteiger partial charge in [-0.15, -0.1) is 0 Å². The second-order valence-corrected chi connectivity index (χ2v) is 4.39. The molecule has 1 aromatic carbocycles. The number of rotatable bonds is 3. The Labute approximate surface area is 107 Å². The summed E-state index contributed by atoms with van der Waals surface area (Å²) in [6.45, 7) is 1.32. The van der Waals surface area contributed by atoms with Crippen molar-refractivity contribution in [2.75, 3.05) is 13.2 Å². The molecule has 1 atom stereocenters. The summed E-state index contributed by atoms with van der Waals surface area (Å²) in [6, 6.07) is 8.72. The van der Waals surface area contributed by atoms with Crippen LogP contribution in [0.2, 0.25) is 0 Å². The Morgan fingerprint density at radius 1 is 1.50 bits per heavy atom. The zero-order valence-corrected chi connectivity index (χ0v) is 10.2. The van der Waals surface area contributed by atoms with E-state index in [0.29, 0.717) is 17.7 Å². The van der Waals surface area contributed by atoms with Crippen LogP contribution in [-0.2, 0) is 4.74 Å². The number of ether oxygens (including phenoxy) is 1. The fourth-order valence-corrected chi connectivity index (χ4v) is 2.01. The third-order valence-electron chi connectivity index (χ3n) is 3.02. The highest BCUT2D eigenvalue weighted by Gasteiger charge is 2.15. The molecule has 1 fully saturated rings. The van der Waals surface area contributed by atoms with E-state index >= 15 is 0 Å². The second-order valence-electron chi connectivity index (χ2n) is 4.39. The average Bonchev–Trinajstić information content (AvgIpc) is 2.46. The summed E-state index contributed by atoms with van der Waals surface area (Å²) in [6.07, 6.45) is 3.39. The quantitative estimate of drug-likeness (QED) is 0.882. The van der Waals surface area contributed by atoms with Crippen LogP contribution in [0.5, 0.6) is 0 Å². The maximum absolute atomic E-state index is 11.9. The van der Waals surface area contributed by atoms with Gasteiger partial charge in [-0.1, -0.05) is 6.07 Å². The number of nitriles is 1. The highest BCUT2D eigenvalue weighted by molar-refractivity contribution is 5.94. The Morgan fingerprint density at radius 3 is 3.11 bits per heavy atom. The van der Waals surface area contributed by atoms with Crippen LogP contribution in [0.3, 0.4) is 0 Å². The first-order valence-electron chi connectivity index (χ1n) is 6.19. The lowest BCUT2D eigenvalue weighted by atomic mass is 10.1. The number of carbonyl (C=O) groups is 1. The van der Waals surface area contributed by atoms with Crippen molar-refractivity contribution in [3.8, 4) is 6.07 Å². The van der Waals surface area contributed by atoms with Gasteiger partial charge in [-0.2, -0.15) is 5.26 Å². The minimum atomic E-state index is -0.152. The van der Waals surface area contributed by atoms with Crippen LogP contribution in [0, 0.1) is 11.3 Å². The third-order valence-corrected chi connectivity index (χ3v) is 3.02. The number of carbonyl (C=O) groups excluding carboxylic acids is 1. The van der Waals surface area contributed by atoms with Gasteiger partial charge in [-0.25, -0.2) is 0 Å². The first kappa shape index (κ1) is 12.6. The monoisotopic (exact) mass is 244 g/mol. The van der Waals surface area contributed by atoms with Crippen LogP contribution in [-0.4, -0.2) is 25.2 Å². The Morgan fingerprint density at radius 2 is 2.39 bits per heavy atom. The van der Waals surface area contributed by atoms with Crippen molar-refractivity contribution < 1.29 is 9.53 Å². The molecule has 0 spiro atoms. The van der Waals surface area contributed by atoms with Gasteiger partial charge in [0, 0.05) is 18.7 Å². The summed E-state index contributed by atoms with van der Waals surface area (Å²) in [4.78, 5) is 11.9. The van der Waals surface area contributed by atoms with Crippen molar-refractivity contribution in [1.29, 1.82) is 5.26 Å². The molecule has 1 amide bonds. The lowest BCUT2D eigenvalue weighted by Crippen LogP contribution is -2.35. The maximum atomic E-state index is 11.9. The molecule has 18 heavy (non-hydrogen) atoms. The maximum Gasteiger partial charge on any atom is 0.251 e. The lowest BCUT2D eigenvalue weighted by Gasteiger charge is -2.22. The molecule has 4 nitrogen and oxygen atoms in total. The van der Waals surface area contributed by atoms with E-state index in [0.717, 1.165) is 25.9 Å². The van der Waals surface area contributed by atoms with Gasteiger partial charge >= 0.3 is 0 Å². The Kier molecular flexibility index (Phi) is 4.32. The molecule has 1 aliphatic heterocycles. The van der Waals surface area contributed by atoms with Gasteiger partial charge in [-0.05, 0) is 37.5 Å². The summed E-state index contributed by atoms with van der Waals surface area (Å²) in [7, 11) is 0. The SMILES string of the molecule is N#Cc1cccc(C(=O)NCC2CCCCO2)c1. The van der Waals surface area contributed by atoms with Crippen LogP contribution in [0.25, 0.3) is 0 Å². The molecule has 0 saturated carbocycles. The molecule has 0 aliphatic carbocycles. The standard InChI is InChI=1S/C14H16N2O2/c15-9-11-4-3-5-12(8-11)14(17)16-10-13-6-1-2-7-18-13/h3-5,8,13H,1-2,6-7,10H2,(H,16,17). The van der Waals surface area contributed by atoms with E-state index in [9.17, 15) is 4.79 Å². The topological polar surface area (TPSA) is 62.1 Å². The predicted octanol–water partition coefficient (Wildman–Crippen LogP) is 1.86. The summed E-state index contributed by atoms with van der Waals surface area (Å²) in [5.74, 6) is -0.152. The molecular weight excluding hydrogens is 228 g/mol. The van der Waals surface area contributed by atoms with E-state index < -0.39 is 0 Å². The second kappa shape index (κ2) is 6.18. The van der Waals surface area contributed by atoms with Gasteiger partial charge in [0.2, 0.25) is 0 Å². The van der Waals surface area contributed by atoms with E-state index in [1.54, 1.807) is 24.3 Å². The van der Waals surface area contributed by atoms with E-state index in [-0.39, 0.29) is 12.0 Å². The Bertz CT molecular complexity index is 459. The summed E-state index contributed by atoms with van der Waals surface area (Å²) in [5.41, 5.74) is 1.02. The van der Waals surface area contributed by atoms with Gasteiger partial charge in [0.15, 0.2) is 0 Å². The molecular formula is C14H16N2O2. The van der Waals surface area contributed by atoms with Crippen LogP contribution < -0.4 is 5.32 Å². The molecule has 1 saturated heterocycles. The van der Waals surface area contributed by atoms with E-state index in [1.807, 2.05) is 6.07 Å². The third kappa shape index (κ3) is 3.31. The first-order chi connectivity index (χ1) is 8.79. The van der Waals surface area contributed by atoms with Crippen molar-refractivity contribution in [2.24, 2.45) is 0 Å². The number of nitrogens with zero attached hydrogens (tertiary/aromatic N) is 1. The molecule has 1 aromatic rings. The van der Waals surface area contributed by atoms with Crippen molar-refractivity contribution in [3.05, 3.63) is 35.4 Å². The average molecular weight is 244 g/mol. The van der Waals surface area contributed by atoms with Crippen LogP contribution in [0.1, 0.15) is 35.2 Å². The molecule has 2 rings (SSSR count). The molecule has 0 radical (unpaired) electrons. The number of benzene rings is 1. The van der Waals surface area contributed by atoms with Crippen LogP contribution >= 0.6 is 0 Å². The molecule has 1 aliphatic rings. The fourth-order valence-electron chi connectivity index (χ4n) is 2.01. The van der Waals surface area contributed by atoms with Crippen molar-refractivity contribution >= 4 is 5.91 Å². The number of nitrogens with one attached hydrogen (secondary N) is 1. The first-order valence-corrected chi connectivity index (χ1v) is 6.19. The van der Waals surface area contributed by atoms with Gasteiger partial charge in [0.25, 0.3) is 5.91 Å². The lowest BCUT2D eigenvalue weighted by molar-refractivity contribution is 0.0169. The highest BCUT2D eigenvalue weighted by Crippen LogP contribution is 2.12. The van der Waals surface area contributed by atoms with Crippen molar-refractivity contribution in [3.63, 3.8) is 0 Å². The molecule has 1 N–H and O–H groups in total. The van der Waals surface area contributed by atoms with Crippen molar-refractivity contribution in [2.45, 2.75) is 25.4 Å². The normalized spacial score (nSPS) is 18.9. The summed E-state index contributed by atoms with van der Waals surface area (Å²) in [5, 5.41) is 11.6. The Balaban J connectivity index is 1.89. The van der Waals surface area contributed by atoms with Crippen molar-refractivity contribution in [1.82, 2.24) is 5.32 Å². The van der Waals surface area contributed by atoms with Gasteiger partial charge in [0.05, 0.1) is 17.7 Å². The summed E-state index contributed by atoms with van der Waals surface area (Å²) >= 11 is 0. The molecule has 1 heterocycles. The molecule has 0 aromatic heterocycles. The van der Waals surface area contributed by atoms with Crippen LogP contribution in [0.4, 0.5) is 0 Å². The fraction of sp³-hybridized carbons (Fsp3) is 0.429. The van der Waals surface area contributed by atoms with Crippen LogP contribution in [0.15, 0.2) is 24.3 Å². The van der Waals surface area contributed by atoms with Gasteiger partial charge in [-0.3, -0.25) is 4.79 Å². The molecule has 0 bridgehead atoms. The molecule has 4 heteroatoms. The molecule has 94 valence electrons. The van der Waals surface area contributed by atoms with E-state index in [4.69, 9.17) is 10.00 Å². The summed E-state index contributed by atoms with van der Waals surface area (Å²) < 4.78 is 5.54. The zero-order valence-electron chi connectivity index (χ0n) is 10.2. The Hall–Kier alpha value is -1.86. The number of hydrogen-bond donors (Lipinski definition) is 1. The zero-order chi connectivity index (χ0) is 12.8. The smallest absolute Gasteiger partial charge is 0.251 e. The van der Waals surface area contributed by atoms with E-state index in [1.165, 1.54) is 0 Å². The largest absolute Gasteiger partial charge is 0.376 e. The predicted molar refractivity (Wildman–Crippen MR) is 67.1 cm³/mol. The number of amides is 1. The number of hydrogen-bond acceptors (Lipinski definition) is 3. The molecule has 1 unspecified atom stereocenters.